The molecule has 0 atom stereocenters. The number of aromatic nitrogens is 1. The summed E-state index contributed by atoms with van der Waals surface area (Å²) in [4.78, 5) is 3.03. The number of para-hydroxylation sites is 1. The van der Waals surface area contributed by atoms with Crippen molar-refractivity contribution in [3.63, 3.8) is 0 Å². The van der Waals surface area contributed by atoms with Crippen LogP contribution in [0.3, 0.4) is 0 Å². The smallest absolute Gasteiger partial charge is 0.693 e. The minimum atomic E-state index is 0. The molecule has 0 saturated heterocycles. The van der Waals surface area contributed by atoms with Gasteiger partial charge in [0.05, 0.1) is 0 Å². The van der Waals surface area contributed by atoms with Crippen LogP contribution in [0.5, 0.6) is 0 Å². The van der Waals surface area contributed by atoms with Gasteiger partial charge in [0.25, 0.3) is 0 Å². The van der Waals surface area contributed by atoms with E-state index in [-0.39, 0.29) is 18.9 Å². The maximum Gasteiger partial charge on any atom is 1.00 e. The van der Waals surface area contributed by atoms with Gasteiger partial charge in [-0.1, -0.05) is 17.8 Å². The van der Waals surface area contributed by atoms with E-state index in [0.717, 1.165) is 10.9 Å². The summed E-state index contributed by atoms with van der Waals surface area (Å²) in [5, 5.41) is 1.08. The van der Waals surface area contributed by atoms with Crippen molar-refractivity contribution in [2.45, 2.75) is 0 Å². The predicted molar refractivity (Wildman–Crippen MR) is 44.5 cm³/mol. The Bertz CT molecular complexity index is 382. The Kier molecular flexibility index (Phi) is 2.75. The number of fused-ring (bicyclic) bond motifs is 1. The maximum absolute atomic E-state index is 7.53. The van der Waals surface area contributed by atoms with Gasteiger partial charge < -0.3 is 5.73 Å². The van der Waals surface area contributed by atoms with Gasteiger partial charge in [-0.2, -0.15) is 0 Å². The molecule has 0 unspecified atom stereocenters. The Hall–Kier alpha value is -0.973. The van der Waals surface area contributed by atoms with Crippen LogP contribution in [0.15, 0.2) is 36.5 Å². The number of nitrogens with one attached hydrogen (secondary N) is 2. The number of aromatic amines is 1. The zero-order valence-electron chi connectivity index (χ0n) is 6.96. The molecule has 3 heteroatoms. The second-order valence-electron chi connectivity index (χ2n) is 2.44. The summed E-state index contributed by atoms with van der Waals surface area (Å²) < 4.78 is 0. The molecule has 2 rings (SSSR count). The Morgan fingerprint density at radius 1 is 1.08 bits per heavy atom. The summed E-state index contributed by atoms with van der Waals surface area (Å²) in [6.07, 6.45) is 1.83. The SMILES string of the molecule is [Li+].[NH-]c1cccc2ccc[nH+]c12. The summed E-state index contributed by atoms with van der Waals surface area (Å²) >= 11 is 0. The van der Waals surface area contributed by atoms with Crippen LogP contribution < -0.4 is 23.8 Å². The molecule has 0 aliphatic carbocycles. The second kappa shape index (κ2) is 3.62. The molecule has 12 heavy (non-hydrogen) atoms. The van der Waals surface area contributed by atoms with Gasteiger partial charge in [0, 0.05) is 11.5 Å². The number of hydrogen-bond acceptors (Lipinski definition) is 0. The second-order valence-corrected chi connectivity index (χ2v) is 2.44. The van der Waals surface area contributed by atoms with Crippen molar-refractivity contribution >= 4 is 16.6 Å². The molecule has 0 aliphatic rings. The molecule has 0 spiro atoms. The Labute approximate surface area is 83.0 Å². The van der Waals surface area contributed by atoms with Crippen LogP contribution in [-0.4, -0.2) is 0 Å². The minimum Gasteiger partial charge on any atom is -0.693 e. The van der Waals surface area contributed by atoms with Crippen LogP contribution >= 0.6 is 0 Å². The van der Waals surface area contributed by atoms with Crippen molar-refractivity contribution < 1.29 is 23.8 Å². The number of rotatable bonds is 0. The minimum absolute atomic E-state index is 0. The first-order valence-electron chi connectivity index (χ1n) is 3.49. The van der Waals surface area contributed by atoms with Gasteiger partial charge in [-0.15, -0.1) is 0 Å². The third kappa shape index (κ3) is 1.45. The van der Waals surface area contributed by atoms with Crippen LogP contribution in [0.1, 0.15) is 0 Å². The van der Waals surface area contributed by atoms with Crippen molar-refractivity contribution in [2.75, 3.05) is 0 Å². The van der Waals surface area contributed by atoms with E-state index >= 15 is 0 Å². The van der Waals surface area contributed by atoms with E-state index in [9.17, 15) is 0 Å². The molecule has 0 saturated carbocycles. The van der Waals surface area contributed by atoms with E-state index < -0.39 is 0 Å². The molecule has 2 aromatic rings. The first-order chi connectivity index (χ1) is 5.38. The van der Waals surface area contributed by atoms with Crippen molar-refractivity contribution in [2.24, 2.45) is 0 Å². The molecule has 54 valence electrons. The maximum atomic E-state index is 7.53. The molecule has 0 aliphatic heterocycles. The normalized spacial score (nSPS) is 9.33. The van der Waals surface area contributed by atoms with Crippen molar-refractivity contribution in [1.29, 1.82) is 0 Å². The van der Waals surface area contributed by atoms with Gasteiger partial charge in [0.15, 0.2) is 11.7 Å². The summed E-state index contributed by atoms with van der Waals surface area (Å²) in [5.74, 6) is 0. The molecule has 1 aromatic heterocycles. The number of pyridine rings is 1. The molecule has 1 aromatic carbocycles. The number of H-pyrrole nitrogens is 1. The van der Waals surface area contributed by atoms with E-state index in [1.165, 1.54) is 0 Å². The van der Waals surface area contributed by atoms with Gasteiger partial charge in [0.1, 0.15) is 0 Å². The summed E-state index contributed by atoms with van der Waals surface area (Å²) in [5.41, 5.74) is 8.98. The summed E-state index contributed by atoms with van der Waals surface area (Å²) in [6.45, 7) is 0. The number of benzene rings is 1. The molecule has 0 amide bonds. The van der Waals surface area contributed by atoms with Crippen LogP contribution in [0.4, 0.5) is 5.69 Å². The predicted octanol–water partition coefficient (Wildman–Crippen LogP) is -0.658. The van der Waals surface area contributed by atoms with Gasteiger partial charge in [-0.05, 0) is 12.1 Å². The van der Waals surface area contributed by atoms with Gasteiger partial charge in [-0.3, -0.25) is 0 Å². The standard InChI is InChI=1S/C9H7N2.Li/c10-8-5-1-3-7-4-2-6-11-9(7)8;/h1-6,10H;/q-1;+1/p+1. The fraction of sp³-hybridized carbons (Fsp3) is 0. The van der Waals surface area contributed by atoms with Crippen LogP contribution in [0, 0.1) is 0 Å². The fourth-order valence-corrected chi connectivity index (χ4v) is 1.15. The molecule has 2 N–H and O–H groups in total. The quantitative estimate of drug-likeness (QED) is 0.448. The molecule has 2 nitrogen and oxygen atoms in total. The van der Waals surface area contributed by atoms with Crippen LogP contribution in [0.2, 0.25) is 0 Å². The van der Waals surface area contributed by atoms with Gasteiger partial charge in [-0.25, -0.2) is 4.98 Å². The van der Waals surface area contributed by atoms with E-state index in [2.05, 4.69) is 4.98 Å². The van der Waals surface area contributed by atoms with Gasteiger partial charge >= 0.3 is 18.9 Å². The molecule has 1 heterocycles. The van der Waals surface area contributed by atoms with Crippen molar-refractivity contribution in [1.82, 2.24) is 0 Å². The third-order valence-electron chi connectivity index (χ3n) is 1.70. The Morgan fingerprint density at radius 3 is 2.58 bits per heavy atom. The van der Waals surface area contributed by atoms with E-state index in [1.54, 1.807) is 6.07 Å². The van der Waals surface area contributed by atoms with Gasteiger partial charge in [0.2, 0.25) is 0 Å². The average molecular weight is 151 g/mol. The molecule has 0 radical (unpaired) electrons. The number of hydrogen-bond donors (Lipinski definition) is 0. The van der Waals surface area contributed by atoms with Crippen LogP contribution in [-0.2, 0) is 0 Å². The van der Waals surface area contributed by atoms with E-state index in [0.29, 0.717) is 5.69 Å². The Balaban J connectivity index is 0.000000720. The first kappa shape index (κ1) is 9.12. The van der Waals surface area contributed by atoms with E-state index in [4.69, 9.17) is 5.73 Å². The topological polar surface area (TPSA) is 37.9 Å². The average Bonchev–Trinajstić information content (AvgIpc) is 2.06. The largest absolute Gasteiger partial charge is 1.00 e. The molecule has 0 bridgehead atoms. The third-order valence-corrected chi connectivity index (χ3v) is 1.70. The monoisotopic (exact) mass is 151 g/mol. The Morgan fingerprint density at radius 2 is 1.83 bits per heavy atom. The van der Waals surface area contributed by atoms with E-state index in [1.807, 2.05) is 30.5 Å². The summed E-state index contributed by atoms with van der Waals surface area (Å²) in [6, 6.07) is 9.58. The molecular formula is C9H8LiN2+. The first-order valence-corrected chi connectivity index (χ1v) is 3.49. The molecule has 0 fully saturated rings. The summed E-state index contributed by atoms with van der Waals surface area (Å²) in [7, 11) is 0. The fourth-order valence-electron chi connectivity index (χ4n) is 1.15. The van der Waals surface area contributed by atoms with Crippen molar-refractivity contribution in [3.05, 3.63) is 42.3 Å². The van der Waals surface area contributed by atoms with Crippen molar-refractivity contribution in [3.8, 4) is 0 Å². The molecular weight excluding hydrogens is 143 g/mol. The zero-order chi connectivity index (χ0) is 7.68. The zero-order valence-corrected chi connectivity index (χ0v) is 6.96. The van der Waals surface area contributed by atoms with Crippen LogP contribution in [0.25, 0.3) is 16.6 Å².